The van der Waals surface area contributed by atoms with Gasteiger partial charge in [0.25, 0.3) is 0 Å². The fraction of sp³-hybridized carbons (Fsp3) is 0.500. The van der Waals surface area contributed by atoms with Gasteiger partial charge in [-0.25, -0.2) is 0 Å². The van der Waals surface area contributed by atoms with Crippen LogP contribution in [-0.4, -0.2) is 24.5 Å². The van der Waals surface area contributed by atoms with E-state index in [9.17, 15) is 0 Å². The number of rotatable bonds is 6. The first-order chi connectivity index (χ1) is 17.3. The van der Waals surface area contributed by atoms with Gasteiger partial charge < -0.3 is 15.6 Å². The Morgan fingerprint density at radius 1 is 1.08 bits per heavy atom. The van der Waals surface area contributed by atoms with Gasteiger partial charge in [-0.15, -0.1) is 0 Å². The molecule has 0 radical (unpaired) electrons. The van der Waals surface area contributed by atoms with Crippen molar-refractivity contribution in [1.82, 2.24) is 0 Å². The third-order valence-corrected chi connectivity index (χ3v) is 6.34. The molecule has 1 saturated carbocycles. The van der Waals surface area contributed by atoms with Crippen molar-refractivity contribution in [2.45, 2.75) is 93.1 Å². The van der Waals surface area contributed by atoms with Crippen LogP contribution in [0.2, 0.25) is 0 Å². The van der Waals surface area contributed by atoms with Gasteiger partial charge >= 0.3 is 0 Å². The summed E-state index contributed by atoms with van der Waals surface area (Å²) < 4.78 is 0. The summed E-state index contributed by atoms with van der Waals surface area (Å²) in [4.78, 5) is 8.00. The fourth-order valence-corrected chi connectivity index (χ4v) is 3.76. The molecule has 1 fully saturated rings. The number of carbonyl (C=O) groups excluding carboxylic acids is 1. The van der Waals surface area contributed by atoms with Crippen molar-refractivity contribution in [1.29, 1.82) is 0 Å². The van der Waals surface area contributed by atoms with E-state index in [0.717, 1.165) is 29.4 Å². The highest BCUT2D eigenvalue weighted by Crippen LogP contribution is 2.39. The number of benzene rings is 1. The molecule has 208 valence electrons. The second kappa shape index (κ2) is 18.7. The fourth-order valence-electron chi connectivity index (χ4n) is 3.76. The zero-order valence-electron chi connectivity index (χ0n) is 25.3. The van der Waals surface area contributed by atoms with Crippen molar-refractivity contribution in [2.24, 2.45) is 17.6 Å². The molecule has 0 amide bonds. The van der Waals surface area contributed by atoms with Gasteiger partial charge in [-0.2, -0.15) is 0 Å². The summed E-state index contributed by atoms with van der Waals surface area (Å²) in [7, 11) is 1.50. The topological polar surface area (TPSA) is 63.3 Å². The van der Waals surface area contributed by atoms with Gasteiger partial charge in [-0.05, 0) is 120 Å². The van der Waals surface area contributed by atoms with E-state index in [2.05, 4.69) is 58.4 Å². The minimum atomic E-state index is -0.458. The van der Waals surface area contributed by atoms with E-state index in [-0.39, 0.29) is 0 Å². The minimum absolute atomic E-state index is 0.458. The normalized spacial score (nSPS) is 15.9. The standard InChI is InChI=1S/C19H24.C8H12.C5H12O.CH5N.CH2O/c1-5-15-11-17-8-12(2)9-18(17)14(4)19(15)10-13(3)16-6-7-16;1-7(2)5-6-8(3)4;1-4-5(2,3)6;2*1-2/h5,10-12,16H,1,6-9H2,2-4H3;5-6H,1,3H2,2,4H3;6H,4H2,1-3H3;2H2,1H3;1H2/b13-10+;6-5-;;;. The SMILES string of the molecule is C=C(C)/C=C\C(=C)C.C=Cc1cc2c(c(C)c1/C=C(\C)C1CC1)CC(C)C2.C=O.CCC(C)(C)O.CN. The number of nitrogens with two attached hydrogens (primary N) is 1. The van der Waals surface area contributed by atoms with Gasteiger partial charge in [0.15, 0.2) is 0 Å². The lowest BCUT2D eigenvalue weighted by atomic mass is 9.92. The van der Waals surface area contributed by atoms with E-state index < -0.39 is 5.60 Å². The molecule has 0 bridgehead atoms. The van der Waals surface area contributed by atoms with Crippen molar-refractivity contribution in [3.05, 3.63) is 82.5 Å². The molecule has 37 heavy (non-hydrogen) atoms. The van der Waals surface area contributed by atoms with Crippen molar-refractivity contribution in [3.63, 3.8) is 0 Å². The molecule has 1 atom stereocenters. The van der Waals surface area contributed by atoms with Crippen LogP contribution in [0.4, 0.5) is 0 Å². The van der Waals surface area contributed by atoms with Crippen LogP contribution in [0.5, 0.6) is 0 Å². The van der Waals surface area contributed by atoms with Crippen LogP contribution < -0.4 is 5.73 Å². The van der Waals surface area contributed by atoms with Crippen LogP contribution in [0.25, 0.3) is 12.2 Å². The maximum atomic E-state index is 8.83. The van der Waals surface area contributed by atoms with Gasteiger partial charge in [0.2, 0.25) is 0 Å². The summed E-state index contributed by atoms with van der Waals surface area (Å²) in [6.07, 6.45) is 14.4. The molecular weight excluding hydrogens is 454 g/mol. The van der Waals surface area contributed by atoms with Crippen molar-refractivity contribution < 1.29 is 9.90 Å². The largest absolute Gasteiger partial charge is 0.390 e. The Bertz CT molecular complexity index is 908. The molecule has 3 rings (SSSR count). The predicted octanol–water partition coefficient (Wildman–Crippen LogP) is 8.44. The number of carbonyl (C=O) groups is 1. The lowest BCUT2D eigenvalue weighted by molar-refractivity contribution is -0.0980. The van der Waals surface area contributed by atoms with E-state index in [1.165, 1.54) is 49.4 Å². The molecule has 0 spiro atoms. The summed E-state index contributed by atoms with van der Waals surface area (Å²) in [5.74, 6) is 1.65. The molecule has 1 aromatic carbocycles. The minimum Gasteiger partial charge on any atom is -0.390 e. The Morgan fingerprint density at radius 2 is 1.54 bits per heavy atom. The molecule has 2 aliphatic carbocycles. The summed E-state index contributed by atoms with van der Waals surface area (Å²) in [6, 6.07) is 2.38. The zero-order chi connectivity index (χ0) is 29.3. The zero-order valence-corrected chi connectivity index (χ0v) is 25.3. The van der Waals surface area contributed by atoms with Gasteiger partial charge in [0, 0.05) is 0 Å². The first-order valence-corrected chi connectivity index (χ1v) is 13.3. The van der Waals surface area contributed by atoms with E-state index in [4.69, 9.17) is 9.90 Å². The molecule has 3 nitrogen and oxygen atoms in total. The number of fused-ring (bicyclic) bond motifs is 1. The van der Waals surface area contributed by atoms with Crippen LogP contribution in [0.3, 0.4) is 0 Å². The summed E-state index contributed by atoms with van der Waals surface area (Å²) in [5.41, 5.74) is 15.1. The lowest BCUT2D eigenvalue weighted by Crippen LogP contribution is -2.15. The molecule has 1 unspecified atom stereocenters. The number of aliphatic hydroxyl groups is 1. The number of hydrogen-bond donors (Lipinski definition) is 2. The van der Waals surface area contributed by atoms with Crippen LogP contribution in [0.1, 0.15) is 95.5 Å². The molecule has 2 aliphatic rings. The molecule has 3 N–H and O–H groups in total. The van der Waals surface area contributed by atoms with E-state index >= 15 is 0 Å². The second-order valence-corrected chi connectivity index (χ2v) is 10.7. The van der Waals surface area contributed by atoms with Crippen LogP contribution in [0.15, 0.2) is 54.7 Å². The average Bonchev–Trinajstić information content (AvgIpc) is 3.64. The molecular formula is C34H55NO2. The summed E-state index contributed by atoms with van der Waals surface area (Å²) in [6.45, 7) is 29.8. The highest BCUT2D eigenvalue weighted by molar-refractivity contribution is 5.71. The Hall–Kier alpha value is -2.49. The molecule has 0 aromatic heterocycles. The second-order valence-electron chi connectivity index (χ2n) is 10.7. The Balaban J connectivity index is 0. The molecule has 0 aliphatic heterocycles. The average molecular weight is 510 g/mol. The van der Waals surface area contributed by atoms with Crippen LogP contribution in [0, 0.1) is 18.8 Å². The van der Waals surface area contributed by atoms with Crippen LogP contribution in [-0.2, 0) is 17.6 Å². The van der Waals surface area contributed by atoms with Crippen molar-refractivity contribution in [2.75, 3.05) is 7.05 Å². The Labute approximate surface area is 229 Å². The first-order valence-electron chi connectivity index (χ1n) is 13.3. The van der Waals surface area contributed by atoms with E-state index in [1.54, 1.807) is 30.5 Å². The van der Waals surface area contributed by atoms with Crippen molar-refractivity contribution >= 4 is 18.9 Å². The van der Waals surface area contributed by atoms with Gasteiger partial charge in [0.1, 0.15) is 6.79 Å². The van der Waals surface area contributed by atoms with Gasteiger partial charge in [0.05, 0.1) is 5.60 Å². The van der Waals surface area contributed by atoms with E-state index in [0.29, 0.717) is 0 Å². The molecule has 0 heterocycles. The summed E-state index contributed by atoms with van der Waals surface area (Å²) >= 11 is 0. The van der Waals surface area contributed by atoms with Gasteiger partial charge in [-0.3, -0.25) is 0 Å². The molecule has 3 heteroatoms. The monoisotopic (exact) mass is 509 g/mol. The quantitative estimate of drug-likeness (QED) is 0.378. The Morgan fingerprint density at radius 3 is 1.89 bits per heavy atom. The Kier molecular flexibility index (Phi) is 18.5. The lowest BCUT2D eigenvalue weighted by Gasteiger charge is -2.13. The number of hydrogen-bond acceptors (Lipinski definition) is 3. The third-order valence-electron chi connectivity index (χ3n) is 6.34. The van der Waals surface area contributed by atoms with Crippen LogP contribution >= 0.6 is 0 Å². The maximum Gasteiger partial charge on any atom is 0.106 e. The number of allylic oxidation sites excluding steroid dienone is 5. The molecule has 1 aromatic rings. The highest BCUT2D eigenvalue weighted by atomic mass is 16.3. The third kappa shape index (κ3) is 15.4. The first kappa shape index (κ1) is 36.7. The maximum absolute atomic E-state index is 8.83. The summed E-state index contributed by atoms with van der Waals surface area (Å²) in [5, 5.41) is 8.83. The van der Waals surface area contributed by atoms with Gasteiger partial charge in [-0.1, -0.05) is 80.7 Å². The van der Waals surface area contributed by atoms with E-state index in [1.807, 2.05) is 45.8 Å². The smallest absolute Gasteiger partial charge is 0.106 e. The predicted molar refractivity (Wildman–Crippen MR) is 167 cm³/mol. The highest BCUT2D eigenvalue weighted by Gasteiger charge is 2.25. The molecule has 0 saturated heterocycles. The van der Waals surface area contributed by atoms with Crippen molar-refractivity contribution in [3.8, 4) is 0 Å².